The summed E-state index contributed by atoms with van der Waals surface area (Å²) < 4.78 is 17.5. The third-order valence-electron chi connectivity index (χ3n) is 5.99. The molecule has 7 nitrogen and oxygen atoms in total. The van der Waals surface area contributed by atoms with Crippen LogP contribution in [0, 0.1) is 5.92 Å². The molecule has 32 heavy (non-hydrogen) atoms. The number of thiazole rings is 1. The minimum atomic E-state index is -0.111. The number of carbonyl (C=O) groups is 2. The van der Waals surface area contributed by atoms with Crippen LogP contribution < -0.4 is 14.2 Å². The average Bonchev–Trinajstić information content (AvgIpc) is 3.28. The smallest absolute Gasteiger partial charge is 0.226 e. The first kappa shape index (κ1) is 20.8. The van der Waals surface area contributed by atoms with Crippen molar-refractivity contribution in [2.24, 2.45) is 5.92 Å². The molecule has 5 rings (SSSR count). The Balaban J connectivity index is 1.20. The van der Waals surface area contributed by atoms with Gasteiger partial charge in [0.1, 0.15) is 24.5 Å². The van der Waals surface area contributed by atoms with E-state index < -0.39 is 0 Å². The van der Waals surface area contributed by atoms with Crippen molar-refractivity contribution < 1.29 is 23.8 Å². The Morgan fingerprint density at radius 3 is 2.69 bits per heavy atom. The van der Waals surface area contributed by atoms with Gasteiger partial charge in [0.15, 0.2) is 22.3 Å². The molecule has 1 aromatic heterocycles. The third-order valence-corrected chi connectivity index (χ3v) is 7.03. The number of nitrogens with zero attached hydrogens (tertiary/aromatic N) is 2. The molecule has 2 aliphatic heterocycles. The zero-order valence-corrected chi connectivity index (χ0v) is 18.7. The van der Waals surface area contributed by atoms with Crippen LogP contribution >= 0.6 is 11.3 Å². The highest BCUT2D eigenvalue weighted by molar-refractivity contribution is 7.20. The van der Waals surface area contributed by atoms with Gasteiger partial charge in [-0.25, -0.2) is 4.98 Å². The number of hydrogen-bond donors (Lipinski definition) is 0. The Kier molecular flexibility index (Phi) is 5.70. The van der Waals surface area contributed by atoms with Gasteiger partial charge >= 0.3 is 0 Å². The molecule has 2 aliphatic rings. The quantitative estimate of drug-likeness (QED) is 0.549. The maximum atomic E-state index is 13.1. The summed E-state index contributed by atoms with van der Waals surface area (Å²) in [6.45, 7) is 2.22. The van der Waals surface area contributed by atoms with Crippen LogP contribution in [0.4, 0.5) is 0 Å². The molecule has 0 saturated carbocycles. The summed E-state index contributed by atoms with van der Waals surface area (Å²) in [4.78, 5) is 32.3. The van der Waals surface area contributed by atoms with Crippen molar-refractivity contribution in [3.8, 4) is 17.2 Å². The molecule has 8 heteroatoms. The van der Waals surface area contributed by atoms with Gasteiger partial charge in [-0.2, -0.15) is 0 Å². The van der Waals surface area contributed by atoms with Gasteiger partial charge < -0.3 is 19.1 Å². The first-order chi connectivity index (χ1) is 15.6. The second-order valence-electron chi connectivity index (χ2n) is 8.00. The molecule has 0 atom stereocenters. The van der Waals surface area contributed by atoms with Crippen LogP contribution in [0.15, 0.2) is 36.4 Å². The number of fused-ring (bicyclic) bond motifs is 2. The summed E-state index contributed by atoms with van der Waals surface area (Å²) in [7, 11) is 1.60. The zero-order chi connectivity index (χ0) is 22.1. The number of Topliss-reactive ketones (excluding diaryl/α,β-unsaturated/α-hetero) is 1. The largest absolute Gasteiger partial charge is 0.494 e. The minimum absolute atomic E-state index is 0.0622. The van der Waals surface area contributed by atoms with Gasteiger partial charge in [-0.1, -0.05) is 12.1 Å². The lowest BCUT2D eigenvalue weighted by Crippen LogP contribution is -2.41. The van der Waals surface area contributed by atoms with Crippen LogP contribution in [-0.2, 0) is 11.2 Å². The molecule has 0 radical (unpaired) electrons. The van der Waals surface area contributed by atoms with Crippen molar-refractivity contribution in [2.75, 3.05) is 33.4 Å². The molecule has 0 spiro atoms. The normalized spacial score (nSPS) is 16.2. The van der Waals surface area contributed by atoms with Crippen LogP contribution in [0.3, 0.4) is 0 Å². The summed E-state index contributed by atoms with van der Waals surface area (Å²) in [5.74, 6) is 2.11. The summed E-state index contributed by atoms with van der Waals surface area (Å²) in [6, 6.07) is 11.3. The maximum Gasteiger partial charge on any atom is 0.226 e. The lowest BCUT2D eigenvalue weighted by molar-refractivity contribution is -0.131. The lowest BCUT2D eigenvalue weighted by atomic mass is 9.92. The van der Waals surface area contributed by atoms with Crippen molar-refractivity contribution in [3.05, 3.63) is 47.0 Å². The summed E-state index contributed by atoms with van der Waals surface area (Å²) in [5.41, 5.74) is 1.64. The molecule has 1 saturated heterocycles. The number of methoxy groups -OCH3 is 1. The number of ether oxygens (including phenoxy) is 3. The molecule has 0 bridgehead atoms. The van der Waals surface area contributed by atoms with E-state index >= 15 is 0 Å². The summed E-state index contributed by atoms with van der Waals surface area (Å²) >= 11 is 1.41. The van der Waals surface area contributed by atoms with Gasteiger partial charge in [0.05, 0.1) is 18.2 Å². The fraction of sp³-hybridized carbons (Fsp3) is 0.375. The van der Waals surface area contributed by atoms with Crippen molar-refractivity contribution in [2.45, 2.75) is 19.3 Å². The van der Waals surface area contributed by atoms with Gasteiger partial charge in [-0.15, -0.1) is 11.3 Å². The number of benzene rings is 2. The van der Waals surface area contributed by atoms with Crippen molar-refractivity contribution in [1.29, 1.82) is 0 Å². The Morgan fingerprint density at radius 2 is 1.91 bits per heavy atom. The standard InChI is InChI=1S/C24H24N2O5S/c1-29-18-3-2-4-20-22(18)25-24(32-20)23(28)16-7-9-26(10-8-16)21(27)14-15-5-6-17-19(13-15)31-12-11-30-17/h2-6,13,16H,7-12,14H2,1H3. The number of ketones is 1. The Bertz CT molecular complexity index is 1170. The summed E-state index contributed by atoms with van der Waals surface area (Å²) in [5, 5.41) is 0.519. The van der Waals surface area contributed by atoms with Gasteiger partial charge in [-0.05, 0) is 42.7 Å². The van der Waals surface area contributed by atoms with Crippen molar-refractivity contribution >= 4 is 33.2 Å². The topological polar surface area (TPSA) is 78.0 Å². The molecule has 166 valence electrons. The maximum absolute atomic E-state index is 13.1. The van der Waals surface area contributed by atoms with Crippen LogP contribution in [0.2, 0.25) is 0 Å². The third kappa shape index (κ3) is 4.02. The monoisotopic (exact) mass is 452 g/mol. The number of aromatic nitrogens is 1. The van der Waals surface area contributed by atoms with E-state index in [0.717, 1.165) is 21.5 Å². The number of carbonyl (C=O) groups excluding carboxylic acids is 2. The van der Waals surface area contributed by atoms with E-state index in [1.807, 2.05) is 41.3 Å². The van der Waals surface area contributed by atoms with Gasteiger partial charge in [-0.3, -0.25) is 9.59 Å². The first-order valence-corrected chi connectivity index (χ1v) is 11.6. The SMILES string of the molecule is COc1cccc2sc(C(=O)C3CCN(C(=O)Cc4ccc5c(c4)OCCO5)CC3)nc12. The van der Waals surface area contributed by atoms with E-state index in [0.29, 0.717) is 62.1 Å². The van der Waals surface area contributed by atoms with Crippen molar-refractivity contribution in [3.63, 3.8) is 0 Å². The number of piperidine rings is 1. The number of para-hydroxylation sites is 1. The molecule has 3 aromatic rings. The second-order valence-corrected chi connectivity index (χ2v) is 9.03. The molecule has 0 N–H and O–H groups in total. The average molecular weight is 453 g/mol. The number of rotatable bonds is 5. The Morgan fingerprint density at radius 1 is 1.12 bits per heavy atom. The van der Waals surface area contributed by atoms with E-state index in [1.54, 1.807) is 7.11 Å². The van der Waals surface area contributed by atoms with E-state index in [1.165, 1.54) is 11.3 Å². The van der Waals surface area contributed by atoms with Gasteiger partial charge in [0.25, 0.3) is 0 Å². The van der Waals surface area contributed by atoms with Gasteiger partial charge in [0, 0.05) is 19.0 Å². The van der Waals surface area contributed by atoms with Crippen LogP contribution in [0.25, 0.3) is 10.2 Å². The number of likely N-dealkylation sites (tertiary alicyclic amines) is 1. The Labute approximate surface area is 189 Å². The number of hydrogen-bond acceptors (Lipinski definition) is 7. The lowest BCUT2D eigenvalue weighted by Gasteiger charge is -2.31. The fourth-order valence-electron chi connectivity index (χ4n) is 4.24. The van der Waals surface area contributed by atoms with Gasteiger partial charge in [0.2, 0.25) is 5.91 Å². The molecular formula is C24H24N2O5S. The van der Waals surface area contributed by atoms with Crippen LogP contribution in [0.1, 0.15) is 28.2 Å². The van der Waals surface area contributed by atoms with E-state index in [9.17, 15) is 9.59 Å². The highest BCUT2D eigenvalue weighted by Gasteiger charge is 2.30. The molecule has 1 amide bonds. The van der Waals surface area contributed by atoms with Crippen LogP contribution in [-0.4, -0.2) is 55.0 Å². The predicted molar refractivity (Wildman–Crippen MR) is 121 cm³/mol. The predicted octanol–water partition coefficient (Wildman–Crippen LogP) is 3.74. The molecule has 2 aromatic carbocycles. The van der Waals surface area contributed by atoms with Crippen LogP contribution in [0.5, 0.6) is 17.2 Å². The molecule has 0 unspecified atom stereocenters. The number of amides is 1. The summed E-state index contributed by atoms with van der Waals surface area (Å²) in [6.07, 6.45) is 1.62. The Hall–Kier alpha value is -3.13. The highest BCUT2D eigenvalue weighted by Crippen LogP contribution is 2.33. The fourth-order valence-corrected chi connectivity index (χ4v) is 5.25. The molecule has 0 aliphatic carbocycles. The second kappa shape index (κ2) is 8.78. The van der Waals surface area contributed by atoms with E-state index in [-0.39, 0.29) is 17.6 Å². The van der Waals surface area contributed by atoms with E-state index in [2.05, 4.69) is 4.98 Å². The highest BCUT2D eigenvalue weighted by atomic mass is 32.1. The molecule has 3 heterocycles. The molecule has 1 fully saturated rings. The zero-order valence-electron chi connectivity index (χ0n) is 17.8. The first-order valence-electron chi connectivity index (χ1n) is 10.8. The van der Waals surface area contributed by atoms with E-state index in [4.69, 9.17) is 14.2 Å². The minimum Gasteiger partial charge on any atom is -0.494 e. The van der Waals surface area contributed by atoms with Crippen molar-refractivity contribution in [1.82, 2.24) is 9.88 Å². The molecular weight excluding hydrogens is 428 g/mol.